The lowest BCUT2D eigenvalue weighted by Crippen LogP contribution is -2.50. The maximum atomic E-state index is 12.8. The van der Waals surface area contributed by atoms with E-state index in [2.05, 4.69) is 26.0 Å². The average Bonchev–Trinajstić information content (AvgIpc) is 3.19. The fraction of sp³-hybridized carbons (Fsp3) is 0.902. The van der Waals surface area contributed by atoms with Gasteiger partial charge in [0.25, 0.3) is 0 Å². The Labute approximate surface area is 365 Å². The summed E-state index contributed by atoms with van der Waals surface area (Å²) >= 11 is 0. The van der Waals surface area contributed by atoms with Crippen molar-refractivity contribution in [1.29, 1.82) is 0 Å². The standard InChI is InChI=1S/C51H97NO7/c1-6-8-10-12-14-16-18-20-21-22-23-24-25-26-27-28-29-30-32-34-36-38-40-42-50(54)59-47(45-57-44-43-48(51(55)56)52(3,4)5)46-58-49(53)41-39-37-35-33-31-19-17-15-13-11-9-7-2/h26-27,47-48H,6-25,28-46H2,1-5H3/p+1/b27-26+. The highest BCUT2D eigenvalue weighted by Crippen LogP contribution is 2.16. The first-order valence-electron chi connectivity index (χ1n) is 25.2. The normalized spacial score (nSPS) is 12.9. The number of nitrogens with zero attached hydrogens (tertiary/aromatic N) is 1. The van der Waals surface area contributed by atoms with Crippen molar-refractivity contribution in [1.82, 2.24) is 0 Å². The number of ether oxygens (including phenoxy) is 3. The second kappa shape index (κ2) is 42.7. The van der Waals surface area contributed by atoms with Crippen LogP contribution in [0.1, 0.15) is 245 Å². The predicted molar refractivity (Wildman–Crippen MR) is 248 cm³/mol. The lowest BCUT2D eigenvalue weighted by atomic mass is 10.0. The molecule has 0 radical (unpaired) electrons. The van der Waals surface area contributed by atoms with Crippen LogP contribution in [0.4, 0.5) is 0 Å². The molecule has 2 unspecified atom stereocenters. The van der Waals surface area contributed by atoms with Gasteiger partial charge in [-0.2, -0.15) is 0 Å². The highest BCUT2D eigenvalue weighted by Gasteiger charge is 2.31. The third kappa shape index (κ3) is 41.2. The minimum atomic E-state index is -0.872. The van der Waals surface area contributed by atoms with E-state index >= 15 is 0 Å². The van der Waals surface area contributed by atoms with Crippen LogP contribution in [0, 0.1) is 0 Å². The second-order valence-electron chi connectivity index (χ2n) is 18.4. The summed E-state index contributed by atoms with van der Waals surface area (Å²) in [5.41, 5.74) is 0. The number of rotatable bonds is 46. The molecule has 0 aromatic rings. The van der Waals surface area contributed by atoms with Crippen LogP contribution in [-0.4, -0.2) is 80.6 Å². The maximum absolute atomic E-state index is 12.8. The molecule has 0 heterocycles. The zero-order valence-electron chi connectivity index (χ0n) is 39.7. The van der Waals surface area contributed by atoms with E-state index in [-0.39, 0.29) is 36.2 Å². The maximum Gasteiger partial charge on any atom is 0.362 e. The molecule has 8 heteroatoms. The molecule has 1 N–H and O–H groups in total. The summed E-state index contributed by atoms with van der Waals surface area (Å²) in [7, 11) is 5.54. The molecule has 0 aromatic heterocycles. The van der Waals surface area contributed by atoms with Gasteiger partial charge in [0.05, 0.1) is 34.4 Å². The Morgan fingerprint density at radius 2 is 0.847 bits per heavy atom. The molecule has 59 heavy (non-hydrogen) atoms. The monoisotopic (exact) mass is 837 g/mol. The first-order valence-corrected chi connectivity index (χ1v) is 25.2. The van der Waals surface area contributed by atoms with Crippen molar-refractivity contribution in [3.63, 3.8) is 0 Å². The van der Waals surface area contributed by atoms with Gasteiger partial charge in [0.15, 0.2) is 12.1 Å². The minimum Gasteiger partial charge on any atom is -0.477 e. The molecule has 0 bridgehead atoms. The zero-order valence-corrected chi connectivity index (χ0v) is 39.7. The van der Waals surface area contributed by atoms with Crippen LogP contribution in [-0.2, 0) is 28.6 Å². The largest absolute Gasteiger partial charge is 0.477 e. The van der Waals surface area contributed by atoms with Gasteiger partial charge < -0.3 is 23.8 Å². The minimum absolute atomic E-state index is 0.0465. The number of likely N-dealkylation sites (N-methyl/N-ethyl adjacent to an activating group) is 1. The number of esters is 2. The third-order valence-electron chi connectivity index (χ3n) is 11.7. The van der Waals surface area contributed by atoms with E-state index < -0.39 is 18.1 Å². The summed E-state index contributed by atoms with van der Waals surface area (Å²) in [4.78, 5) is 37.0. The lowest BCUT2D eigenvalue weighted by molar-refractivity contribution is -0.887. The SMILES string of the molecule is CCCCCCCCCCCCCC/C=C/CCCCCCCCCC(=O)OC(COCCC(C(=O)O)[N+](C)(C)C)COC(=O)CCCCCCCCCCCCCC. The van der Waals surface area contributed by atoms with E-state index in [9.17, 15) is 19.5 Å². The van der Waals surface area contributed by atoms with Gasteiger partial charge in [-0.25, -0.2) is 4.79 Å². The molecule has 0 fully saturated rings. The number of aliphatic carboxylic acids is 1. The Balaban J connectivity index is 4.18. The summed E-state index contributed by atoms with van der Waals surface area (Å²) in [6.07, 6.45) is 46.9. The fourth-order valence-corrected chi connectivity index (χ4v) is 7.74. The van der Waals surface area contributed by atoms with Crippen molar-refractivity contribution in [3.05, 3.63) is 12.2 Å². The first-order chi connectivity index (χ1) is 28.6. The van der Waals surface area contributed by atoms with Crippen LogP contribution in [0.3, 0.4) is 0 Å². The van der Waals surface area contributed by atoms with E-state index in [1.54, 1.807) is 0 Å². The van der Waals surface area contributed by atoms with Crippen molar-refractivity contribution >= 4 is 17.9 Å². The number of carbonyl (C=O) groups is 3. The highest BCUT2D eigenvalue weighted by molar-refractivity contribution is 5.72. The smallest absolute Gasteiger partial charge is 0.362 e. The van der Waals surface area contributed by atoms with Crippen LogP contribution in [0.2, 0.25) is 0 Å². The second-order valence-corrected chi connectivity index (χ2v) is 18.4. The quantitative estimate of drug-likeness (QED) is 0.0282. The zero-order chi connectivity index (χ0) is 43.5. The molecule has 8 nitrogen and oxygen atoms in total. The number of unbranched alkanes of at least 4 members (excludes halogenated alkanes) is 30. The van der Waals surface area contributed by atoms with E-state index in [0.717, 1.165) is 38.5 Å². The Bertz CT molecular complexity index is 978. The predicted octanol–water partition coefficient (Wildman–Crippen LogP) is 14.3. The Hall–Kier alpha value is -1.93. The molecule has 348 valence electrons. The van der Waals surface area contributed by atoms with E-state index in [4.69, 9.17) is 14.2 Å². The van der Waals surface area contributed by atoms with Crippen LogP contribution in [0.15, 0.2) is 12.2 Å². The molecule has 0 saturated heterocycles. The Morgan fingerprint density at radius 1 is 0.492 bits per heavy atom. The van der Waals surface area contributed by atoms with Crippen molar-refractivity contribution in [2.45, 2.75) is 257 Å². The molecular formula is C51H98NO7+. The van der Waals surface area contributed by atoms with Crippen molar-refractivity contribution in [2.24, 2.45) is 0 Å². The van der Waals surface area contributed by atoms with Gasteiger partial charge in [0.1, 0.15) is 6.61 Å². The number of hydrogen-bond acceptors (Lipinski definition) is 6. The third-order valence-corrected chi connectivity index (χ3v) is 11.7. The number of carboxylic acids is 1. The topological polar surface area (TPSA) is 99.1 Å². The molecule has 2 atom stereocenters. The molecule has 0 rings (SSSR count). The van der Waals surface area contributed by atoms with Gasteiger partial charge in [-0.05, 0) is 38.5 Å². The van der Waals surface area contributed by atoms with Crippen LogP contribution in [0.5, 0.6) is 0 Å². The molecule has 0 aliphatic carbocycles. The van der Waals surface area contributed by atoms with Gasteiger partial charge >= 0.3 is 17.9 Å². The van der Waals surface area contributed by atoms with Crippen molar-refractivity contribution in [2.75, 3.05) is 41.0 Å². The van der Waals surface area contributed by atoms with Crippen LogP contribution < -0.4 is 0 Å². The summed E-state index contributed by atoms with van der Waals surface area (Å²) < 4.78 is 17.3. The lowest BCUT2D eigenvalue weighted by Gasteiger charge is -2.31. The molecule has 0 saturated carbocycles. The molecular weight excluding hydrogens is 739 g/mol. The number of carboxylic acid groups (broad SMARTS) is 1. The first kappa shape index (κ1) is 57.1. The summed E-state index contributed by atoms with van der Waals surface area (Å²) in [5, 5.41) is 9.64. The highest BCUT2D eigenvalue weighted by atomic mass is 16.6. The van der Waals surface area contributed by atoms with Crippen molar-refractivity contribution in [3.8, 4) is 0 Å². The summed E-state index contributed by atoms with van der Waals surface area (Å²) in [5.74, 6) is -1.45. The number of hydrogen-bond donors (Lipinski definition) is 1. The van der Waals surface area contributed by atoms with Gasteiger partial charge in [0.2, 0.25) is 0 Å². The molecule has 0 aromatic carbocycles. The van der Waals surface area contributed by atoms with E-state index in [0.29, 0.717) is 19.3 Å². The van der Waals surface area contributed by atoms with Crippen LogP contribution in [0.25, 0.3) is 0 Å². The number of carbonyl (C=O) groups excluding carboxylic acids is 2. The number of allylic oxidation sites excluding steroid dienone is 2. The molecule has 0 aliphatic heterocycles. The average molecular weight is 837 g/mol. The Morgan fingerprint density at radius 3 is 1.22 bits per heavy atom. The van der Waals surface area contributed by atoms with Gasteiger partial charge in [-0.15, -0.1) is 0 Å². The van der Waals surface area contributed by atoms with Gasteiger partial charge in [-0.3, -0.25) is 9.59 Å². The number of quaternary nitrogens is 1. The summed E-state index contributed by atoms with van der Waals surface area (Å²) in [6, 6.07) is -0.611. The molecule has 0 amide bonds. The molecule has 0 aliphatic rings. The van der Waals surface area contributed by atoms with Gasteiger partial charge in [-0.1, -0.05) is 199 Å². The Kier molecular flexibility index (Phi) is 41.3. The van der Waals surface area contributed by atoms with E-state index in [1.165, 1.54) is 173 Å². The fourth-order valence-electron chi connectivity index (χ4n) is 7.74. The van der Waals surface area contributed by atoms with Gasteiger partial charge in [0, 0.05) is 19.3 Å². The van der Waals surface area contributed by atoms with Crippen molar-refractivity contribution < 1.29 is 38.2 Å². The van der Waals surface area contributed by atoms with Crippen LogP contribution >= 0.6 is 0 Å². The van der Waals surface area contributed by atoms with E-state index in [1.807, 2.05) is 21.1 Å². The summed E-state index contributed by atoms with van der Waals surface area (Å²) in [6.45, 7) is 4.77. The molecule has 0 spiro atoms.